The van der Waals surface area contributed by atoms with Gasteiger partial charge in [-0.3, -0.25) is 9.89 Å². The highest BCUT2D eigenvalue weighted by Crippen LogP contribution is 2.25. The molecule has 0 aromatic heterocycles. The highest BCUT2D eigenvalue weighted by Gasteiger charge is 2.22. The van der Waals surface area contributed by atoms with Crippen molar-refractivity contribution in [1.82, 2.24) is 4.90 Å². The zero-order chi connectivity index (χ0) is 20.6. The van der Waals surface area contributed by atoms with Gasteiger partial charge in [-0.25, -0.2) is 4.39 Å². The maximum absolute atomic E-state index is 13.4. The summed E-state index contributed by atoms with van der Waals surface area (Å²) in [4.78, 5) is 9.12. The van der Waals surface area contributed by atoms with Crippen molar-refractivity contribution < 1.29 is 14.2 Å². The second kappa shape index (κ2) is 10.4. The van der Waals surface area contributed by atoms with Crippen LogP contribution in [-0.4, -0.2) is 62.2 Å². The van der Waals surface area contributed by atoms with Crippen molar-refractivity contribution in [2.75, 3.05) is 50.8 Å². The molecule has 1 saturated heterocycles. The van der Waals surface area contributed by atoms with Crippen molar-refractivity contribution in [1.29, 1.82) is 0 Å². The second-order valence-corrected chi connectivity index (χ2v) is 7.13. The van der Waals surface area contributed by atoms with E-state index in [9.17, 15) is 9.50 Å². The third kappa shape index (κ3) is 5.55. The molecule has 0 saturated carbocycles. The van der Waals surface area contributed by atoms with E-state index in [2.05, 4.69) is 28.6 Å². The molecule has 0 aliphatic carbocycles. The third-order valence-electron chi connectivity index (χ3n) is 5.39. The molecule has 156 valence electrons. The number of phenolic OH excluding ortho intramolecular Hbond substituents is 1. The summed E-state index contributed by atoms with van der Waals surface area (Å²) in [5.41, 5.74) is 2.73. The van der Waals surface area contributed by atoms with Crippen LogP contribution in [0.4, 0.5) is 10.1 Å². The Morgan fingerprint density at radius 2 is 1.83 bits per heavy atom. The molecule has 0 radical (unpaired) electrons. The maximum Gasteiger partial charge on any atom is 0.126 e. The fraction of sp³-hybridized carbons (Fsp3) is 0.435. The van der Waals surface area contributed by atoms with Gasteiger partial charge < -0.3 is 14.7 Å². The van der Waals surface area contributed by atoms with Crippen LogP contribution in [0.2, 0.25) is 0 Å². The molecule has 1 N–H and O–H groups in total. The summed E-state index contributed by atoms with van der Waals surface area (Å²) in [6, 6.07) is 12.4. The second-order valence-electron chi connectivity index (χ2n) is 7.13. The van der Waals surface area contributed by atoms with E-state index in [1.807, 2.05) is 24.3 Å². The number of hydrogen-bond donors (Lipinski definition) is 1. The van der Waals surface area contributed by atoms with Crippen LogP contribution in [0.5, 0.6) is 5.75 Å². The Hall–Kier alpha value is -2.44. The monoisotopic (exact) mass is 399 g/mol. The van der Waals surface area contributed by atoms with Gasteiger partial charge in [0.15, 0.2) is 0 Å². The molecule has 0 spiro atoms. The number of phenols is 1. The quantitative estimate of drug-likeness (QED) is 0.685. The predicted octanol–water partition coefficient (Wildman–Crippen LogP) is 3.87. The van der Waals surface area contributed by atoms with Gasteiger partial charge in [-0.1, -0.05) is 12.1 Å². The molecular formula is C23H30FN3O2. The molecule has 0 amide bonds. The molecule has 1 atom stereocenters. The molecule has 0 unspecified atom stereocenters. The molecule has 2 aromatic rings. The maximum atomic E-state index is 13.4. The Bertz CT molecular complexity index is 800. The van der Waals surface area contributed by atoms with E-state index in [1.165, 1.54) is 12.1 Å². The van der Waals surface area contributed by atoms with E-state index in [4.69, 9.17) is 4.74 Å². The van der Waals surface area contributed by atoms with Gasteiger partial charge in [0.2, 0.25) is 0 Å². The average molecular weight is 400 g/mol. The number of halogens is 1. The Balaban J connectivity index is 1.74. The Morgan fingerprint density at radius 3 is 2.45 bits per heavy atom. The molecule has 6 heteroatoms. The van der Waals surface area contributed by atoms with Crippen LogP contribution < -0.4 is 4.90 Å². The van der Waals surface area contributed by atoms with Crippen molar-refractivity contribution in [3.05, 3.63) is 59.4 Å². The summed E-state index contributed by atoms with van der Waals surface area (Å²) in [6.45, 7) is 9.52. The van der Waals surface area contributed by atoms with Gasteiger partial charge in [0.1, 0.15) is 11.6 Å². The van der Waals surface area contributed by atoms with Gasteiger partial charge in [-0.05, 0) is 43.7 Å². The van der Waals surface area contributed by atoms with Crippen LogP contribution in [0, 0.1) is 5.82 Å². The van der Waals surface area contributed by atoms with Gasteiger partial charge in [-0.15, -0.1) is 0 Å². The summed E-state index contributed by atoms with van der Waals surface area (Å²) >= 11 is 0. The third-order valence-corrected chi connectivity index (χ3v) is 5.39. The van der Waals surface area contributed by atoms with Crippen molar-refractivity contribution in [3.8, 4) is 5.75 Å². The molecule has 1 heterocycles. The van der Waals surface area contributed by atoms with Crippen LogP contribution in [0.3, 0.4) is 0 Å². The zero-order valence-corrected chi connectivity index (χ0v) is 17.2. The van der Waals surface area contributed by atoms with E-state index in [-0.39, 0.29) is 17.6 Å². The zero-order valence-electron chi connectivity index (χ0n) is 17.2. The minimum atomic E-state index is -0.240. The molecule has 0 bridgehead atoms. The van der Waals surface area contributed by atoms with Crippen molar-refractivity contribution in [3.63, 3.8) is 0 Å². The molecule has 5 nitrogen and oxygen atoms in total. The highest BCUT2D eigenvalue weighted by molar-refractivity contribution is 5.84. The number of ether oxygens (including phenoxy) is 1. The SMILES string of the molecule is CCN(CC)c1ccc(C=NC[C@H](c2ccc(F)cc2)N2CCOCC2)c(O)c1. The van der Waals surface area contributed by atoms with E-state index in [1.54, 1.807) is 12.3 Å². The Kier molecular flexibility index (Phi) is 7.61. The Labute approximate surface area is 172 Å². The number of rotatable bonds is 8. The summed E-state index contributed by atoms with van der Waals surface area (Å²) in [5.74, 6) is -0.0148. The number of aromatic hydroxyl groups is 1. The standard InChI is InChI=1S/C23H30FN3O2/c1-3-26(4-2)21-10-7-19(23(28)15-21)16-25-17-22(27-11-13-29-14-12-27)18-5-8-20(24)9-6-18/h5-10,15-16,22,28H,3-4,11-14,17H2,1-2H3/t22-/m1/s1. The molecule has 29 heavy (non-hydrogen) atoms. The first kappa shape index (κ1) is 21.3. The largest absolute Gasteiger partial charge is 0.507 e. The number of benzene rings is 2. The summed E-state index contributed by atoms with van der Waals surface area (Å²) < 4.78 is 18.8. The van der Waals surface area contributed by atoms with Crippen LogP contribution in [0.1, 0.15) is 31.0 Å². The predicted molar refractivity (Wildman–Crippen MR) is 116 cm³/mol. The summed E-state index contributed by atoms with van der Waals surface area (Å²) in [7, 11) is 0. The Morgan fingerprint density at radius 1 is 1.14 bits per heavy atom. The smallest absolute Gasteiger partial charge is 0.126 e. The lowest BCUT2D eigenvalue weighted by molar-refractivity contribution is 0.0180. The first-order chi connectivity index (χ1) is 14.1. The van der Waals surface area contributed by atoms with Crippen molar-refractivity contribution >= 4 is 11.9 Å². The van der Waals surface area contributed by atoms with Crippen LogP contribution >= 0.6 is 0 Å². The van der Waals surface area contributed by atoms with E-state index >= 15 is 0 Å². The molecule has 1 aliphatic rings. The van der Waals surface area contributed by atoms with Gasteiger partial charge in [0.25, 0.3) is 0 Å². The molecular weight excluding hydrogens is 369 g/mol. The van der Waals surface area contributed by atoms with Crippen molar-refractivity contribution in [2.45, 2.75) is 19.9 Å². The first-order valence-electron chi connectivity index (χ1n) is 10.3. The van der Waals surface area contributed by atoms with Crippen LogP contribution in [0.15, 0.2) is 47.5 Å². The minimum Gasteiger partial charge on any atom is -0.507 e. The van der Waals surface area contributed by atoms with Gasteiger partial charge in [0.05, 0.1) is 25.8 Å². The normalized spacial score (nSPS) is 16.2. The number of anilines is 1. The minimum absolute atomic E-state index is 0.0489. The number of nitrogens with zero attached hydrogens (tertiary/aromatic N) is 3. The van der Waals surface area contributed by atoms with E-state index in [0.29, 0.717) is 25.3 Å². The lowest BCUT2D eigenvalue weighted by Crippen LogP contribution is -2.40. The molecule has 1 fully saturated rings. The van der Waals surface area contributed by atoms with Gasteiger partial charge >= 0.3 is 0 Å². The van der Waals surface area contributed by atoms with Crippen LogP contribution in [-0.2, 0) is 4.74 Å². The van der Waals surface area contributed by atoms with Gasteiger partial charge in [0, 0.05) is 49.7 Å². The molecule has 1 aliphatic heterocycles. The number of morpholine rings is 1. The fourth-order valence-electron chi connectivity index (χ4n) is 3.68. The number of aliphatic imine (C=N–C) groups is 1. The summed E-state index contributed by atoms with van der Waals surface area (Å²) in [6.07, 6.45) is 1.72. The lowest BCUT2D eigenvalue weighted by atomic mass is 10.0. The first-order valence-corrected chi connectivity index (χ1v) is 10.3. The van der Waals surface area contributed by atoms with Crippen molar-refractivity contribution in [2.24, 2.45) is 4.99 Å². The van der Waals surface area contributed by atoms with E-state index in [0.717, 1.165) is 37.4 Å². The lowest BCUT2D eigenvalue weighted by Gasteiger charge is -2.34. The average Bonchev–Trinajstić information content (AvgIpc) is 2.75. The molecule has 2 aromatic carbocycles. The van der Waals surface area contributed by atoms with E-state index < -0.39 is 0 Å². The topological polar surface area (TPSA) is 48.3 Å². The molecule has 3 rings (SSSR count). The summed E-state index contributed by atoms with van der Waals surface area (Å²) in [5, 5.41) is 10.4. The number of hydrogen-bond acceptors (Lipinski definition) is 5. The fourth-order valence-corrected chi connectivity index (χ4v) is 3.68. The highest BCUT2D eigenvalue weighted by atomic mass is 19.1. The van der Waals surface area contributed by atoms with Crippen LogP contribution in [0.25, 0.3) is 0 Å². The van der Waals surface area contributed by atoms with Gasteiger partial charge in [-0.2, -0.15) is 0 Å².